The zero-order valence-electron chi connectivity index (χ0n) is 21.9. The lowest BCUT2D eigenvalue weighted by atomic mass is 10.0. The summed E-state index contributed by atoms with van der Waals surface area (Å²) in [6.45, 7) is 1.13. The molecule has 3 aromatic rings. The number of aromatic nitrogens is 1. The first-order valence-electron chi connectivity index (χ1n) is 13.6. The number of ketones is 1. The fourth-order valence-corrected chi connectivity index (χ4v) is 7.84. The van der Waals surface area contributed by atoms with Crippen LogP contribution in [0, 0.1) is 5.92 Å². The number of aryl methyl sites for hydroxylation is 1. The summed E-state index contributed by atoms with van der Waals surface area (Å²) in [6.07, 6.45) is 4.20. The highest BCUT2D eigenvalue weighted by molar-refractivity contribution is 7.91. The van der Waals surface area contributed by atoms with Crippen molar-refractivity contribution in [2.24, 2.45) is 5.92 Å². The number of benzene rings is 2. The van der Waals surface area contributed by atoms with E-state index < -0.39 is 27.8 Å². The Labute approximate surface area is 233 Å². The van der Waals surface area contributed by atoms with E-state index in [0.29, 0.717) is 43.9 Å². The van der Waals surface area contributed by atoms with E-state index in [0.717, 1.165) is 28.6 Å². The average molecular weight is 570 g/mol. The number of carbonyl (C=O) groups is 2. The molecule has 0 bridgehead atoms. The highest BCUT2D eigenvalue weighted by atomic mass is 32.2. The first kappa shape index (κ1) is 27.9. The van der Waals surface area contributed by atoms with Crippen molar-refractivity contribution in [2.45, 2.75) is 56.7 Å². The lowest BCUT2D eigenvalue weighted by Gasteiger charge is -2.29. The fraction of sp³-hybridized carbons (Fsp3) is 0.483. The number of Topliss-reactive ketones (excluding diaryl/α,β-unsaturated/α-hetero) is 1. The minimum atomic E-state index is -3.44. The molecule has 1 aromatic heterocycles. The van der Waals surface area contributed by atoms with Gasteiger partial charge in [0.15, 0.2) is 14.8 Å². The lowest BCUT2D eigenvalue weighted by molar-refractivity contribution is -0.123. The number of thiazole rings is 1. The molecule has 1 aliphatic carbocycles. The third-order valence-electron chi connectivity index (χ3n) is 7.28. The number of amides is 1. The van der Waals surface area contributed by atoms with E-state index in [4.69, 9.17) is 4.74 Å². The summed E-state index contributed by atoms with van der Waals surface area (Å²) >= 11 is 1.31. The molecule has 2 atom stereocenters. The Kier molecular flexibility index (Phi) is 9.06. The largest absolute Gasteiger partial charge is 0.381 e. The number of hydrogen-bond acceptors (Lipinski definition) is 8. The molecule has 0 spiro atoms. The van der Waals surface area contributed by atoms with E-state index in [1.807, 2.05) is 54.6 Å². The van der Waals surface area contributed by atoms with Crippen molar-refractivity contribution in [3.63, 3.8) is 0 Å². The maximum absolute atomic E-state index is 13.7. The molecular weight excluding hydrogens is 534 g/mol. The van der Waals surface area contributed by atoms with Gasteiger partial charge in [-0.25, -0.2) is 13.4 Å². The minimum absolute atomic E-state index is 0.0200. The number of carbonyl (C=O) groups excluding carboxylic acids is 2. The van der Waals surface area contributed by atoms with Crippen LogP contribution >= 0.6 is 11.3 Å². The van der Waals surface area contributed by atoms with Crippen molar-refractivity contribution < 1.29 is 22.7 Å². The van der Waals surface area contributed by atoms with Crippen LogP contribution in [0.5, 0.6) is 0 Å². The molecule has 8 nitrogen and oxygen atoms in total. The number of sulfone groups is 1. The Morgan fingerprint density at radius 3 is 2.41 bits per heavy atom. The molecule has 0 unspecified atom stereocenters. The first-order valence-corrected chi connectivity index (χ1v) is 16.3. The molecule has 10 heteroatoms. The second kappa shape index (κ2) is 12.7. The molecule has 2 aromatic carbocycles. The van der Waals surface area contributed by atoms with Gasteiger partial charge < -0.3 is 15.4 Å². The van der Waals surface area contributed by atoms with E-state index in [2.05, 4.69) is 15.6 Å². The maximum atomic E-state index is 13.7. The molecule has 2 aliphatic rings. The first-order chi connectivity index (χ1) is 18.9. The average Bonchev–Trinajstić information content (AvgIpc) is 3.63. The van der Waals surface area contributed by atoms with Crippen LogP contribution in [0.1, 0.15) is 47.5 Å². The summed E-state index contributed by atoms with van der Waals surface area (Å²) in [6, 6.07) is 15.5. The molecule has 2 N–H and O–H groups in total. The van der Waals surface area contributed by atoms with Crippen LogP contribution < -0.4 is 10.6 Å². The highest BCUT2D eigenvalue weighted by Gasteiger charge is 2.35. The van der Waals surface area contributed by atoms with E-state index in [-0.39, 0.29) is 29.2 Å². The maximum Gasteiger partial charge on any atom is 0.238 e. The summed E-state index contributed by atoms with van der Waals surface area (Å²) in [4.78, 5) is 31.9. The topological polar surface area (TPSA) is 114 Å². The summed E-state index contributed by atoms with van der Waals surface area (Å²) in [7, 11) is -3.44. The summed E-state index contributed by atoms with van der Waals surface area (Å²) in [5, 5.41) is 6.56. The molecule has 2 fully saturated rings. The normalized spacial score (nSPS) is 18.1. The highest BCUT2D eigenvalue weighted by Crippen LogP contribution is 2.30. The molecule has 1 saturated heterocycles. The molecule has 1 saturated carbocycles. The van der Waals surface area contributed by atoms with Gasteiger partial charge in [0.1, 0.15) is 6.04 Å². The molecule has 39 heavy (non-hydrogen) atoms. The summed E-state index contributed by atoms with van der Waals surface area (Å²) < 4.78 is 32.3. The molecule has 208 valence electrons. The van der Waals surface area contributed by atoms with Crippen molar-refractivity contribution in [3.05, 3.63) is 65.2 Å². The molecule has 1 amide bonds. The summed E-state index contributed by atoms with van der Waals surface area (Å²) in [5.74, 6) is -0.706. The van der Waals surface area contributed by atoms with E-state index in [1.165, 1.54) is 11.3 Å². The van der Waals surface area contributed by atoms with E-state index in [9.17, 15) is 18.0 Å². The van der Waals surface area contributed by atoms with Crippen molar-refractivity contribution in [1.82, 2.24) is 15.6 Å². The van der Waals surface area contributed by atoms with Crippen LogP contribution in [0.25, 0.3) is 10.2 Å². The quantitative estimate of drug-likeness (QED) is 0.303. The van der Waals surface area contributed by atoms with Gasteiger partial charge in [-0.2, -0.15) is 0 Å². The number of rotatable bonds is 13. The van der Waals surface area contributed by atoms with Crippen molar-refractivity contribution >= 4 is 43.1 Å². The number of ether oxygens (including phenoxy) is 1. The smallest absolute Gasteiger partial charge is 0.238 e. The third kappa shape index (κ3) is 7.94. The van der Waals surface area contributed by atoms with Gasteiger partial charge in [-0.15, -0.1) is 11.3 Å². The Bertz CT molecular complexity index is 1350. The van der Waals surface area contributed by atoms with E-state index >= 15 is 0 Å². The lowest BCUT2D eigenvalue weighted by Crippen LogP contribution is -2.56. The number of nitrogens with zero attached hydrogens (tertiary/aromatic N) is 1. The Morgan fingerprint density at radius 2 is 1.69 bits per heavy atom. The number of hydrogen-bond donors (Lipinski definition) is 2. The van der Waals surface area contributed by atoms with Crippen LogP contribution in [-0.4, -0.2) is 67.9 Å². The second-order valence-electron chi connectivity index (χ2n) is 10.6. The van der Waals surface area contributed by atoms with Crippen LogP contribution in [0.3, 0.4) is 0 Å². The zero-order chi connectivity index (χ0) is 27.2. The Morgan fingerprint density at radius 1 is 0.974 bits per heavy atom. The Balaban J connectivity index is 1.36. The minimum Gasteiger partial charge on any atom is -0.381 e. The SMILES string of the molecule is O=C(N[C@@H](CCc1ccccc1)C(=O)c1nc2ccccc2s1)[C@H](CS(=O)(=O)CC1CC1)NC1CCOCC1. The van der Waals surface area contributed by atoms with Gasteiger partial charge in [-0.1, -0.05) is 42.5 Å². The van der Waals surface area contributed by atoms with Crippen LogP contribution in [0.15, 0.2) is 54.6 Å². The third-order valence-corrected chi connectivity index (χ3v) is 10.2. The predicted molar refractivity (Wildman–Crippen MR) is 153 cm³/mol. The molecule has 2 heterocycles. The van der Waals surface area contributed by atoms with Crippen LogP contribution in [0.4, 0.5) is 0 Å². The number of fused-ring (bicyclic) bond motifs is 1. The van der Waals surface area contributed by atoms with Gasteiger partial charge in [0.25, 0.3) is 0 Å². The fourth-order valence-electron chi connectivity index (χ4n) is 4.94. The van der Waals surface area contributed by atoms with Crippen LogP contribution in [0.2, 0.25) is 0 Å². The molecular formula is C29H35N3O5S2. The molecule has 0 radical (unpaired) electrons. The van der Waals surface area contributed by atoms with E-state index in [1.54, 1.807) is 0 Å². The van der Waals surface area contributed by atoms with Gasteiger partial charge in [-0.3, -0.25) is 9.59 Å². The standard InChI is InChI=1S/C29H35N3O5S2/c33-27(29-32-23-8-4-5-9-26(23)38-29)24(13-12-20-6-2-1-3-7-20)31-28(34)25(30-22-14-16-37-17-15-22)19-39(35,36)18-21-10-11-21/h1-9,21-22,24-25,30H,10-19H2,(H,31,34)/t24-,25-/m0/s1. The molecule has 1 aliphatic heterocycles. The van der Waals surface area contributed by atoms with Gasteiger partial charge in [-0.05, 0) is 62.1 Å². The monoisotopic (exact) mass is 569 g/mol. The van der Waals surface area contributed by atoms with Crippen molar-refractivity contribution in [2.75, 3.05) is 24.7 Å². The number of para-hydroxylation sites is 1. The predicted octanol–water partition coefficient (Wildman–Crippen LogP) is 3.56. The Hall–Kier alpha value is -2.66. The van der Waals surface area contributed by atoms with Gasteiger partial charge in [0.05, 0.1) is 27.8 Å². The summed E-state index contributed by atoms with van der Waals surface area (Å²) in [5.41, 5.74) is 1.79. The van der Waals surface area contributed by atoms with Gasteiger partial charge in [0.2, 0.25) is 11.7 Å². The van der Waals surface area contributed by atoms with Crippen molar-refractivity contribution in [3.8, 4) is 0 Å². The second-order valence-corrected chi connectivity index (χ2v) is 13.7. The van der Waals surface area contributed by atoms with Gasteiger partial charge in [0, 0.05) is 19.3 Å². The number of nitrogens with one attached hydrogen (secondary N) is 2. The van der Waals surface area contributed by atoms with Crippen LogP contribution in [-0.2, 0) is 25.8 Å². The van der Waals surface area contributed by atoms with Gasteiger partial charge >= 0.3 is 0 Å². The zero-order valence-corrected chi connectivity index (χ0v) is 23.5. The molecule has 5 rings (SSSR count). The van der Waals surface area contributed by atoms with Crippen molar-refractivity contribution in [1.29, 1.82) is 0 Å².